The number of benzene rings is 1. The zero-order valence-corrected chi connectivity index (χ0v) is 6.36. The molecule has 0 saturated carbocycles. The predicted octanol–water partition coefficient (Wildman–Crippen LogP) is 1.70. The van der Waals surface area contributed by atoms with Gasteiger partial charge in [0.15, 0.2) is 6.29 Å². The number of carbonyl (C=O) groups excluding carboxylic acids is 1. The molecule has 1 rings (SSSR count). The van der Waals surface area contributed by atoms with E-state index in [0.29, 0.717) is 6.29 Å². The maximum atomic E-state index is 12.8. The van der Waals surface area contributed by atoms with Crippen LogP contribution >= 0.6 is 0 Å². The summed E-state index contributed by atoms with van der Waals surface area (Å²) in [6.07, 6.45) is -1.20. The number of carbonyl (C=O) groups is 2. The third-order valence-corrected chi connectivity index (χ3v) is 1.30. The summed E-state index contributed by atoms with van der Waals surface area (Å²) in [5.41, 5.74) is -0.141. The molecule has 0 radical (unpaired) electrons. The Hall–Kier alpha value is -1.91. The number of aldehydes is 1. The average molecular weight is 184 g/mol. The second-order valence-corrected chi connectivity index (χ2v) is 2.17. The number of hydrogen-bond donors (Lipinski definition) is 1. The monoisotopic (exact) mass is 184 g/mol. The van der Waals surface area contributed by atoms with Crippen LogP contribution in [0.15, 0.2) is 18.2 Å². The Morgan fingerprint density at radius 1 is 1.54 bits per heavy atom. The Bertz CT molecular complexity index is 348. The van der Waals surface area contributed by atoms with Gasteiger partial charge in [-0.3, -0.25) is 4.79 Å². The molecule has 0 spiro atoms. The first-order valence-electron chi connectivity index (χ1n) is 3.29. The topological polar surface area (TPSA) is 63.6 Å². The van der Waals surface area contributed by atoms with E-state index in [2.05, 4.69) is 4.74 Å². The molecule has 0 amide bonds. The van der Waals surface area contributed by atoms with Gasteiger partial charge in [-0.15, -0.1) is 0 Å². The zero-order valence-electron chi connectivity index (χ0n) is 6.36. The highest BCUT2D eigenvalue weighted by Gasteiger charge is 2.05. The van der Waals surface area contributed by atoms with E-state index in [0.717, 1.165) is 12.1 Å². The van der Waals surface area contributed by atoms with Crippen molar-refractivity contribution in [1.29, 1.82) is 0 Å². The Morgan fingerprint density at radius 3 is 2.69 bits per heavy atom. The minimum Gasteiger partial charge on any atom is -0.449 e. The van der Waals surface area contributed by atoms with Crippen LogP contribution in [0.4, 0.5) is 9.18 Å². The molecule has 0 aliphatic carbocycles. The van der Waals surface area contributed by atoms with Crippen LogP contribution in [-0.4, -0.2) is 17.5 Å². The van der Waals surface area contributed by atoms with Crippen LogP contribution in [0.3, 0.4) is 0 Å². The Balaban J connectivity index is 2.95. The Morgan fingerprint density at radius 2 is 2.23 bits per heavy atom. The van der Waals surface area contributed by atoms with E-state index in [1.54, 1.807) is 0 Å². The molecule has 0 atom stereocenters. The molecule has 0 heterocycles. The third-order valence-electron chi connectivity index (χ3n) is 1.30. The van der Waals surface area contributed by atoms with Gasteiger partial charge in [0, 0.05) is 6.07 Å². The molecular weight excluding hydrogens is 179 g/mol. The smallest absolute Gasteiger partial charge is 0.449 e. The van der Waals surface area contributed by atoms with Crippen molar-refractivity contribution in [3.63, 3.8) is 0 Å². The molecule has 0 fully saturated rings. The average Bonchev–Trinajstić information content (AvgIpc) is 2.03. The molecule has 1 aromatic rings. The van der Waals surface area contributed by atoms with Crippen LogP contribution in [0.1, 0.15) is 10.4 Å². The van der Waals surface area contributed by atoms with Crippen molar-refractivity contribution >= 4 is 12.4 Å². The Kier molecular flexibility index (Phi) is 2.59. The molecule has 0 unspecified atom stereocenters. The molecule has 68 valence electrons. The minimum absolute atomic E-state index is 0.141. The van der Waals surface area contributed by atoms with E-state index in [1.165, 1.54) is 6.07 Å². The fraction of sp³-hybridized carbons (Fsp3) is 0. The van der Waals surface area contributed by atoms with Crippen molar-refractivity contribution in [3.8, 4) is 5.75 Å². The zero-order chi connectivity index (χ0) is 9.84. The van der Waals surface area contributed by atoms with E-state index in [1.807, 2.05) is 0 Å². The number of carboxylic acid groups (broad SMARTS) is 1. The summed E-state index contributed by atoms with van der Waals surface area (Å²) < 4.78 is 17.0. The molecule has 1 N–H and O–H groups in total. The summed E-state index contributed by atoms with van der Waals surface area (Å²) in [5.74, 6) is -0.968. The van der Waals surface area contributed by atoms with Gasteiger partial charge in [0.2, 0.25) is 0 Å². The van der Waals surface area contributed by atoms with E-state index in [4.69, 9.17) is 5.11 Å². The molecule has 0 aliphatic rings. The number of halogens is 1. The highest BCUT2D eigenvalue weighted by atomic mass is 19.1. The molecule has 0 aromatic heterocycles. The van der Waals surface area contributed by atoms with Gasteiger partial charge in [-0.05, 0) is 12.1 Å². The van der Waals surface area contributed by atoms with Crippen LogP contribution in [-0.2, 0) is 0 Å². The van der Waals surface area contributed by atoms with Gasteiger partial charge < -0.3 is 9.84 Å². The summed E-state index contributed by atoms with van der Waals surface area (Å²) in [6.45, 7) is 0. The molecule has 13 heavy (non-hydrogen) atoms. The van der Waals surface area contributed by atoms with Crippen molar-refractivity contribution in [2.24, 2.45) is 0 Å². The normalized spacial score (nSPS) is 9.31. The fourth-order valence-electron chi connectivity index (χ4n) is 0.768. The van der Waals surface area contributed by atoms with Gasteiger partial charge in [0.25, 0.3) is 0 Å². The fourth-order valence-corrected chi connectivity index (χ4v) is 0.768. The quantitative estimate of drug-likeness (QED) is 0.431. The first kappa shape index (κ1) is 9.18. The van der Waals surface area contributed by atoms with E-state index >= 15 is 0 Å². The molecular formula is C8H5FO4. The lowest BCUT2D eigenvalue weighted by molar-refractivity contribution is 0.112. The molecule has 4 nitrogen and oxygen atoms in total. The largest absolute Gasteiger partial charge is 0.511 e. The van der Waals surface area contributed by atoms with E-state index in [9.17, 15) is 14.0 Å². The minimum atomic E-state index is -1.53. The second kappa shape index (κ2) is 3.66. The highest BCUT2D eigenvalue weighted by molar-refractivity contribution is 5.75. The number of rotatable bonds is 2. The van der Waals surface area contributed by atoms with Crippen LogP contribution in [0, 0.1) is 5.82 Å². The molecule has 5 heteroatoms. The summed E-state index contributed by atoms with van der Waals surface area (Å²) in [5, 5.41) is 8.17. The summed E-state index contributed by atoms with van der Waals surface area (Å²) in [6, 6.07) is 3.17. The number of ether oxygens (including phenoxy) is 1. The van der Waals surface area contributed by atoms with Crippen molar-refractivity contribution in [2.75, 3.05) is 0 Å². The second-order valence-electron chi connectivity index (χ2n) is 2.17. The first-order valence-corrected chi connectivity index (χ1v) is 3.29. The maximum Gasteiger partial charge on any atom is 0.511 e. The molecule has 0 aliphatic heterocycles. The van der Waals surface area contributed by atoms with Crippen molar-refractivity contribution in [3.05, 3.63) is 29.6 Å². The Labute approximate surface area is 72.6 Å². The van der Waals surface area contributed by atoms with Crippen molar-refractivity contribution < 1.29 is 23.8 Å². The SMILES string of the molecule is O=Cc1ccc(OC(=O)O)cc1F. The van der Waals surface area contributed by atoms with Crippen LogP contribution in [0.5, 0.6) is 5.75 Å². The first-order chi connectivity index (χ1) is 6.13. The van der Waals surface area contributed by atoms with Crippen LogP contribution in [0.25, 0.3) is 0 Å². The standard InChI is InChI=1S/C8H5FO4/c9-7-3-6(13-8(11)12)2-1-5(7)4-10/h1-4H,(H,11,12). The summed E-state index contributed by atoms with van der Waals surface area (Å²) in [4.78, 5) is 20.2. The maximum absolute atomic E-state index is 12.8. The van der Waals surface area contributed by atoms with E-state index in [-0.39, 0.29) is 11.3 Å². The van der Waals surface area contributed by atoms with E-state index < -0.39 is 12.0 Å². The van der Waals surface area contributed by atoms with Gasteiger partial charge in [-0.2, -0.15) is 0 Å². The summed E-state index contributed by atoms with van der Waals surface area (Å²) in [7, 11) is 0. The van der Waals surface area contributed by atoms with Crippen molar-refractivity contribution in [2.45, 2.75) is 0 Å². The van der Waals surface area contributed by atoms with Gasteiger partial charge in [-0.1, -0.05) is 0 Å². The third kappa shape index (κ3) is 2.26. The lowest BCUT2D eigenvalue weighted by Crippen LogP contribution is -2.03. The highest BCUT2D eigenvalue weighted by Crippen LogP contribution is 2.15. The lowest BCUT2D eigenvalue weighted by atomic mass is 10.2. The predicted molar refractivity (Wildman–Crippen MR) is 40.4 cm³/mol. The van der Waals surface area contributed by atoms with Gasteiger partial charge in [-0.25, -0.2) is 9.18 Å². The summed E-state index contributed by atoms with van der Waals surface area (Å²) >= 11 is 0. The lowest BCUT2D eigenvalue weighted by Gasteiger charge is -1.99. The van der Waals surface area contributed by atoms with Gasteiger partial charge in [0.1, 0.15) is 11.6 Å². The molecule has 1 aromatic carbocycles. The molecule has 0 saturated heterocycles. The van der Waals surface area contributed by atoms with Crippen LogP contribution in [0.2, 0.25) is 0 Å². The molecule has 0 bridgehead atoms. The van der Waals surface area contributed by atoms with Crippen LogP contribution < -0.4 is 4.74 Å². The number of hydrogen-bond acceptors (Lipinski definition) is 3. The van der Waals surface area contributed by atoms with Gasteiger partial charge in [0.05, 0.1) is 5.56 Å². The van der Waals surface area contributed by atoms with Crippen molar-refractivity contribution in [1.82, 2.24) is 0 Å². The van der Waals surface area contributed by atoms with Gasteiger partial charge >= 0.3 is 6.16 Å².